The summed E-state index contributed by atoms with van der Waals surface area (Å²) in [7, 11) is 1.63. The number of aromatic amines is 1. The van der Waals surface area contributed by atoms with E-state index in [2.05, 4.69) is 15.6 Å². The van der Waals surface area contributed by atoms with Crippen molar-refractivity contribution in [1.29, 1.82) is 0 Å². The minimum absolute atomic E-state index is 0.450. The first-order valence-electron chi connectivity index (χ1n) is 9.65. The first kappa shape index (κ1) is 21.0. The van der Waals surface area contributed by atoms with Crippen molar-refractivity contribution < 1.29 is 9.47 Å². The van der Waals surface area contributed by atoms with Crippen molar-refractivity contribution in [3.63, 3.8) is 0 Å². The van der Waals surface area contributed by atoms with E-state index in [-0.39, 0.29) is 0 Å². The van der Waals surface area contributed by atoms with Crippen molar-refractivity contribution in [1.82, 2.24) is 14.9 Å². The zero-order chi connectivity index (χ0) is 21.6. The summed E-state index contributed by atoms with van der Waals surface area (Å²) < 4.78 is 13.7. The van der Waals surface area contributed by atoms with E-state index < -0.39 is 0 Å². The van der Waals surface area contributed by atoms with Crippen LogP contribution in [-0.2, 0) is 13.2 Å². The number of hydrogen-bond acceptors (Lipinski definition) is 5. The average Bonchev–Trinajstić information content (AvgIpc) is 3.17. The Kier molecular flexibility index (Phi) is 6.54. The van der Waals surface area contributed by atoms with Crippen LogP contribution in [0.3, 0.4) is 0 Å². The number of H-pyrrole nitrogens is 1. The van der Waals surface area contributed by atoms with Gasteiger partial charge in [-0.1, -0.05) is 54.1 Å². The quantitative estimate of drug-likeness (QED) is 0.341. The predicted molar refractivity (Wildman–Crippen MR) is 125 cm³/mol. The second-order valence-electron chi connectivity index (χ2n) is 6.75. The van der Waals surface area contributed by atoms with Gasteiger partial charge in [0.15, 0.2) is 5.82 Å². The molecule has 2 N–H and O–H groups in total. The summed E-state index contributed by atoms with van der Waals surface area (Å²) in [5, 5.41) is 7.92. The number of benzene rings is 3. The van der Waals surface area contributed by atoms with Crippen LogP contribution in [0.1, 0.15) is 11.1 Å². The first-order valence-corrected chi connectivity index (χ1v) is 10.4. The normalized spacial score (nSPS) is 10.6. The Bertz CT molecular complexity index is 1220. The third-order valence-corrected chi connectivity index (χ3v) is 5.25. The van der Waals surface area contributed by atoms with Gasteiger partial charge in [0.1, 0.15) is 18.1 Å². The molecular formula is C23H21ClN4O2S. The van der Waals surface area contributed by atoms with Crippen LogP contribution in [0.15, 0.2) is 72.8 Å². The molecule has 6 nitrogen and oxygen atoms in total. The van der Waals surface area contributed by atoms with Crippen LogP contribution in [0.2, 0.25) is 5.02 Å². The summed E-state index contributed by atoms with van der Waals surface area (Å²) in [6.45, 7) is 0.943. The van der Waals surface area contributed by atoms with E-state index in [9.17, 15) is 0 Å². The standard InChI is InChI=1S/C23H21ClN4O2S/c1-29-21-9-5-3-7-19(21)22-26-27-23(31)28(22)25-14-17-6-2-4-8-20(17)30-15-16-10-12-18(24)13-11-16/h2-13,25H,14-15H2,1H3,(H,27,31). The number of nitrogens with zero attached hydrogens (tertiary/aromatic N) is 2. The number of methoxy groups -OCH3 is 1. The van der Waals surface area contributed by atoms with Crippen molar-refractivity contribution in [3.05, 3.63) is 93.7 Å². The molecule has 0 aliphatic heterocycles. The van der Waals surface area contributed by atoms with E-state index in [1.807, 2.05) is 72.8 Å². The first-order chi connectivity index (χ1) is 15.2. The third kappa shape index (κ3) is 4.90. The van der Waals surface area contributed by atoms with Crippen LogP contribution in [-0.4, -0.2) is 22.0 Å². The lowest BCUT2D eigenvalue weighted by Crippen LogP contribution is -2.16. The minimum Gasteiger partial charge on any atom is -0.496 e. The molecule has 0 amide bonds. The van der Waals surface area contributed by atoms with E-state index >= 15 is 0 Å². The molecule has 1 aromatic heterocycles. The smallest absolute Gasteiger partial charge is 0.214 e. The highest BCUT2D eigenvalue weighted by atomic mass is 35.5. The molecule has 0 aliphatic carbocycles. The topological polar surface area (TPSA) is 64.1 Å². The monoisotopic (exact) mass is 452 g/mol. The van der Waals surface area contributed by atoms with Gasteiger partial charge >= 0.3 is 0 Å². The van der Waals surface area contributed by atoms with Crippen LogP contribution in [0.5, 0.6) is 11.5 Å². The van der Waals surface area contributed by atoms with Crippen LogP contribution < -0.4 is 14.9 Å². The summed E-state index contributed by atoms with van der Waals surface area (Å²) in [5.74, 6) is 2.15. The lowest BCUT2D eigenvalue weighted by Gasteiger charge is -2.15. The summed E-state index contributed by atoms with van der Waals surface area (Å²) in [6, 6.07) is 23.2. The zero-order valence-electron chi connectivity index (χ0n) is 16.8. The molecule has 0 spiro atoms. The van der Waals surface area contributed by atoms with Crippen LogP contribution in [0.4, 0.5) is 0 Å². The van der Waals surface area contributed by atoms with Crippen molar-refractivity contribution >= 4 is 23.8 Å². The number of para-hydroxylation sites is 2. The highest BCUT2D eigenvalue weighted by Gasteiger charge is 2.14. The fourth-order valence-electron chi connectivity index (χ4n) is 3.15. The van der Waals surface area contributed by atoms with Crippen molar-refractivity contribution in [3.8, 4) is 22.9 Å². The van der Waals surface area contributed by atoms with Gasteiger partial charge in [-0.15, -0.1) is 0 Å². The number of halogens is 1. The Balaban J connectivity index is 1.52. The maximum absolute atomic E-state index is 6.05. The highest BCUT2D eigenvalue weighted by Crippen LogP contribution is 2.28. The van der Waals surface area contributed by atoms with Gasteiger partial charge < -0.3 is 14.9 Å². The highest BCUT2D eigenvalue weighted by molar-refractivity contribution is 7.71. The average molecular weight is 453 g/mol. The lowest BCUT2D eigenvalue weighted by atomic mass is 10.2. The van der Waals surface area contributed by atoms with Gasteiger partial charge in [0.2, 0.25) is 4.77 Å². The molecule has 0 saturated heterocycles. The van der Waals surface area contributed by atoms with Gasteiger partial charge in [0.25, 0.3) is 0 Å². The summed E-state index contributed by atoms with van der Waals surface area (Å²) in [6.07, 6.45) is 0. The molecule has 4 rings (SSSR count). The molecule has 1 heterocycles. The predicted octanol–water partition coefficient (Wildman–Crippen LogP) is 5.59. The van der Waals surface area contributed by atoms with Gasteiger partial charge in [-0.25, -0.2) is 9.77 Å². The molecule has 31 heavy (non-hydrogen) atoms. The van der Waals surface area contributed by atoms with Crippen LogP contribution >= 0.6 is 23.8 Å². The Labute approximate surface area is 190 Å². The van der Waals surface area contributed by atoms with Crippen LogP contribution in [0, 0.1) is 4.77 Å². The van der Waals surface area contributed by atoms with Gasteiger partial charge in [-0.05, 0) is 48.1 Å². The molecule has 0 atom stereocenters. The molecule has 0 unspecified atom stereocenters. The maximum Gasteiger partial charge on any atom is 0.214 e. The molecule has 0 radical (unpaired) electrons. The third-order valence-electron chi connectivity index (χ3n) is 4.73. The number of aromatic nitrogens is 3. The van der Waals surface area contributed by atoms with Crippen molar-refractivity contribution in [2.75, 3.05) is 12.5 Å². The van der Waals surface area contributed by atoms with Gasteiger partial charge in [0.05, 0.1) is 19.2 Å². The molecule has 158 valence electrons. The van der Waals surface area contributed by atoms with E-state index in [0.29, 0.717) is 34.5 Å². The molecular weight excluding hydrogens is 432 g/mol. The summed E-state index contributed by atoms with van der Waals surface area (Å²) in [4.78, 5) is 0. The Morgan fingerprint density at radius 2 is 1.71 bits per heavy atom. The molecule has 0 fully saturated rings. The number of ether oxygens (including phenoxy) is 2. The SMILES string of the molecule is COc1ccccc1-c1n[nH]c(=S)n1NCc1ccccc1OCc1ccc(Cl)cc1. The van der Waals surface area contributed by atoms with E-state index in [1.165, 1.54) is 0 Å². The molecule has 8 heteroatoms. The second kappa shape index (κ2) is 9.68. The maximum atomic E-state index is 6.05. The van der Waals surface area contributed by atoms with Crippen molar-refractivity contribution in [2.45, 2.75) is 13.2 Å². The lowest BCUT2D eigenvalue weighted by molar-refractivity contribution is 0.303. The van der Waals surface area contributed by atoms with E-state index in [4.69, 9.17) is 33.3 Å². The largest absolute Gasteiger partial charge is 0.496 e. The van der Waals surface area contributed by atoms with Crippen molar-refractivity contribution in [2.24, 2.45) is 0 Å². The zero-order valence-corrected chi connectivity index (χ0v) is 18.4. The molecule has 0 aliphatic rings. The molecule has 0 saturated carbocycles. The van der Waals surface area contributed by atoms with E-state index in [0.717, 1.165) is 22.4 Å². The molecule has 4 aromatic rings. The number of rotatable bonds is 8. The number of nitrogens with one attached hydrogen (secondary N) is 2. The van der Waals surface area contributed by atoms with Gasteiger partial charge in [-0.2, -0.15) is 5.10 Å². The summed E-state index contributed by atoms with van der Waals surface area (Å²) >= 11 is 11.4. The second-order valence-corrected chi connectivity index (χ2v) is 7.57. The minimum atomic E-state index is 0.450. The molecule has 0 bridgehead atoms. The molecule has 3 aromatic carbocycles. The van der Waals surface area contributed by atoms with Crippen LogP contribution in [0.25, 0.3) is 11.4 Å². The number of hydrogen-bond donors (Lipinski definition) is 2. The van der Waals surface area contributed by atoms with Gasteiger partial charge in [-0.3, -0.25) is 0 Å². The summed E-state index contributed by atoms with van der Waals surface area (Å²) in [5.41, 5.74) is 6.21. The van der Waals surface area contributed by atoms with Gasteiger partial charge in [0, 0.05) is 10.6 Å². The fraction of sp³-hybridized carbons (Fsp3) is 0.130. The Morgan fingerprint density at radius 3 is 2.48 bits per heavy atom. The Morgan fingerprint density at radius 1 is 1.00 bits per heavy atom. The fourth-order valence-corrected chi connectivity index (χ4v) is 3.47. The van der Waals surface area contributed by atoms with E-state index in [1.54, 1.807) is 11.8 Å². The Hall–Kier alpha value is -3.29.